The molecule has 0 bridgehead atoms. The summed E-state index contributed by atoms with van der Waals surface area (Å²) in [4.78, 5) is 23.5. The van der Waals surface area contributed by atoms with Crippen molar-refractivity contribution < 1.29 is 23.8 Å². The number of amides is 1. The summed E-state index contributed by atoms with van der Waals surface area (Å²) in [5, 5.41) is 2.95. The summed E-state index contributed by atoms with van der Waals surface area (Å²) < 4.78 is 16.1. The Morgan fingerprint density at radius 2 is 1.54 bits per heavy atom. The van der Waals surface area contributed by atoms with Crippen LogP contribution in [-0.2, 0) is 23.8 Å². The number of hydrogen-bond donors (Lipinski definition) is 1. The van der Waals surface area contributed by atoms with Crippen molar-refractivity contribution in [3.05, 3.63) is 0 Å². The Kier molecular flexibility index (Phi) is 10.1. The summed E-state index contributed by atoms with van der Waals surface area (Å²) in [6, 6.07) is 0.148. The van der Waals surface area contributed by atoms with Crippen LogP contribution >= 0.6 is 0 Å². The minimum Gasteiger partial charge on any atom is -0.379 e. The number of nitrogens with one attached hydrogen (secondary N) is 1. The van der Waals surface area contributed by atoms with Crippen LogP contribution in [0.2, 0.25) is 0 Å². The Morgan fingerprint density at radius 3 is 2.12 bits per heavy atom. The van der Waals surface area contributed by atoms with E-state index in [9.17, 15) is 9.59 Å². The maximum atomic E-state index is 11.8. The second-order valence-electron chi connectivity index (χ2n) is 6.88. The number of ether oxygens (including phenoxy) is 3. The molecule has 0 saturated heterocycles. The van der Waals surface area contributed by atoms with E-state index in [1.165, 1.54) is 0 Å². The molecule has 0 aromatic carbocycles. The molecule has 1 aliphatic carbocycles. The summed E-state index contributed by atoms with van der Waals surface area (Å²) in [6.45, 7) is 10.3. The molecule has 0 radical (unpaired) electrons. The van der Waals surface area contributed by atoms with Crippen LogP contribution in [0.3, 0.4) is 0 Å². The lowest BCUT2D eigenvalue weighted by molar-refractivity contribution is -0.131. The maximum Gasteiger partial charge on any atom is 0.222 e. The van der Waals surface area contributed by atoms with Gasteiger partial charge in [0.05, 0.1) is 39.1 Å². The van der Waals surface area contributed by atoms with Crippen LogP contribution in [0.5, 0.6) is 0 Å². The summed E-state index contributed by atoms with van der Waals surface area (Å²) >= 11 is 0. The molecule has 1 rings (SSSR count). The monoisotopic (exact) mass is 343 g/mol. The Bertz CT molecular complexity index is 378. The van der Waals surface area contributed by atoms with Crippen LogP contribution in [0.1, 0.15) is 47.0 Å². The van der Waals surface area contributed by atoms with E-state index in [0.717, 1.165) is 12.8 Å². The fraction of sp³-hybridized carbons (Fsp3) is 0.889. The first-order chi connectivity index (χ1) is 11.4. The zero-order valence-electron chi connectivity index (χ0n) is 15.5. The fourth-order valence-corrected chi connectivity index (χ4v) is 2.57. The number of rotatable bonds is 13. The van der Waals surface area contributed by atoms with Gasteiger partial charge < -0.3 is 19.5 Å². The molecule has 1 fully saturated rings. The Morgan fingerprint density at radius 1 is 0.958 bits per heavy atom. The van der Waals surface area contributed by atoms with Crippen LogP contribution in [0, 0.1) is 11.8 Å². The van der Waals surface area contributed by atoms with E-state index >= 15 is 0 Å². The van der Waals surface area contributed by atoms with Gasteiger partial charge in [-0.2, -0.15) is 0 Å². The average molecular weight is 343 g/mol. The van der Waals surface area contributed by atoms with Crippen molar-refractivity contribution in [2.45, 2.75) is 59.1 Å². The summed E-state index contributed by atoms with van der Waals surface area (Å²) in [5.74, 6) is 0.506. The molecule has 0 spiro atoms. The lowest BCUT2D eigenvalue weighted by Gasteiger charge is -2.35. The number of hydrogen-bond acceptors (Lipinski definition) is 5. The van der Waals surface area contributed by atoms with Gasteiger partial charge in [-0.1, -0.05) is 13.8 Å². The minimum absolute atomic E-state index is 0.0123. The molecule has 6 nitrogen and oxygen atoms in total. The molecule has 24 heavy (non-hydrogen) atoms. The number of ketones is 1. The van der Waals surface area contributed by atoms with Crippen molar-refractivity contribution in [3.8, 4) is 0 Å². The van der Waals surface area contributed by atoms with E-state index in [0.29, 0.717) is 45.2 Å². The first-order valence-electron chi connectivity index (χ1n) is 9.00. The van der Waals surface area contributed by atoms with Gasteiger partial charge in [0.25, 0.3) is 0 Å². The molecule has 0 unspecified atom stereocenters. The third kappa shape index (κ3) is 8.76. The highest BCUT2D eigenvalue weighted by Crippen LogP contribution is 2.30. The molecule has 0 aliphatic heterocycles. The van der Waals surface area contributed by atoms with E-state index in [2.05, 4.69) is 5.32 Å². The Labute approximate surface area is 145 Å². The van der Waals surface area contributed by atoms with Crippen molar-refractivity contribution in [2.75, 3.05) is 33.0 Å². The van der Waals surface area contributed by atoms with Crippen molar-refractivity contribution in [1.82, 2.24) is 5.32 Å². The first-order valence-corrected chi connectivity index (χ1v) is 9.00. The summed E-state index contributed by atoms with van der Waals surface area (Å²) in [6.07, 6.45) is 2.11. The lowest BCUT2D eigenvalue weighted by atomic mass is 9.75. The molecule has 1 saturated carbocycles. The third-order valence-electron chi connectivity index (χ3n) is 4.00. The first kappa shape index (κ1) is 21.1. The van der Waals surface area contributed by atoms with Crippen LogP contribution in [0.25, 0.3) is 0 Å². The molecule has 1 aliphatic rings. The number of Topliss-reactive ketones (excluding diaryl/α,β-unsaturated/α-hetero) is 1. The third-order valence-corrected chi connectivity index (χ3v) is 4.00. The maximum absolute atomic E-state index is 11.8. The molecule has 1 N–H and O–H groups in total. The highest BCUT2D eigenvalue weighted by atomic mass is 16.5. The van der Waals surface area contributed by atoms with Crippen LogP contribution in [0.15, 0.2) is 0 Å². The Hall–Kier alpha value is -0.980. The van der Waals surface area contributed by atoms with Gasteiger partial charge in [-0.05, 0) is 26.7 Å². The Balaban J connectivity index is 1.90. The SMILES string of the molecule is CC(C)OCCOCCOCCC(=O)NC1CC(C(=O)C(C)C)C1. The van der Waals surface area contributed by atoms with Crippen LogP contribution < -0.4 is 5.32 Å². The van der Waals surface area contributed by atoms with Crippen molar-refractivity contribution in [3.63, 3.8) is 0 Å². The minimum atomic E-state index is -0.0123. The predicted molar refractivity (Wildman–Crippen MR) is 91.8 cm³/mol. The van der Waals surface area contributed by atoms with Gasteiger partial charge in [-0.25, -0.2) is 0 Å². The fourth-order valence-electron chi connectivity index (χ4n) is 2.57. The van der Waals surface area contributed by atoms with E-state index in [4.69, 9.17) is 14.2 Å². The van der Waals surface area contributed by atoms with Gasteiger partial charge in [0.2, 0.25) is 5.91 Å². The van der Waals surface area contributed by atoms with Gasteiger partial charge in [0.1, 0.15) is 5.78 Å². The molecule has 140 valence electrons. The molecule has 0 aromatic heterocycles. The van der Waals surface area contributed by atoms with Gasteiger partial charge in [0.15, 0.2) is 0 Å². The zero-order chi connectivity index (χ0) is 17.9. The second-order valence-corrected chi connectivity index (χ2v) is 6.88. The molecule has 0 heterocycles. The molecule has 0 aromatic rings. The van der Waals surface area contributed by atoms with Gasteiger partial charge in [-0.15, -0.1) is 0 Å². The molecule has 1 amide bonds. The second kappa shape index (κ2) is 11.6. The predicted octanol–water partition coefficient (Wildman–Crippen LogP) is 1.95. The van der Waals surface area contributed by atoms with Crippen molar-refractivity contribution >= 4 is 11.7 Å². The largest absolute Gasteiger partial charge is 0.379 e. The van der Waals surface area contributed by atoms with E-state index in [1.807, 2.05) is 27.7 Å². The number of carbonyl (C=O) groups excluding carboxylic acids is 2. The lowest BCUT2D eigenvalue weighted by Crippen LogP contribution is -2.47. The molecular formula is C18H33NO5. The molecule has 6 heteroatoms. The van der Waals surface area contributed by atoms with Gasteiger partial charge >= 0.3 is 0 Å². The van der Waals surface area contributed by atoms with E-state index in [-0.39, 0.29) is 29.9 Å². The zero-order valence-corrected chi connectivity index (χ0v) is 15.5. The molecular weight excluding hydrogens is 310 g/mol. The van der Waals surface area contributed by atoms with Crippen molar-refractivity contribution in [1.29, 1.82) is 0 Å². The highest BCUT2D eigenvalue weighted by molar-refractivity contribution is 5.84. The average Bonchev–Trinajstić information content (AvgIpc) is 2.47. The van der Waals surface area contributed by atoms with Gasteiger partial charge in [-0.3, -0.25) is 9.59 Å². The van der Waals surface area contributed by atoms with Crippen LogP contribution in [0.4, 0.5) is 0 Å². The van der Waals surface area contributed by atoms with Gasteiger partial charge in [0, 0.05) is 24.3 Å². The highest BCUT2D eigenvalue weighted by Gasteiger charge is 2.35. The molecule has 0 atom stereocenters. The van der Waals surface area contributed by atoms with Crippen molar-refractivity contribution in [2.24, 2.45) is 11.8 Å². The summed E-state index contributed by atoms with van der Waals surface area (Å²) in [7, 11) is 0. The van der Waals surface area contributed by atoms with E-state index in [1.54, 1.807) is 0 Å². The quantitative estimate of drug-likeness (QED) is 0.518. The summed E-state index contributed by atoms with van der Waals surface area (Å²) in [5.41, 5.74) is 0. The smallest absolute Gasteiger partial charge is 0.222 e. The standard InChI is InChI=1S/C18H33NO5/c1-13(2)18(21)15-11-16(12-15)19-17(20)5-6-22-7-8-23-9-10-24-14(3)4/h13-16H,5-12H2,1-4H3,(H,19,20). The van der Waals surface area contributed by atoms with E-state index < -0.39 is 0 Å². The normalized spacial score (nSPS) is 20.2. The number of carbonyl (C=O) groups is 2. The topological polar surface area (TPSA) is 73.9 Å². The van der Waals surface area contributed by atoms with Crippen LogP contribution in [-0.4, -0.2) is 56.9 Å².